The number of carboxylic acids is 1. The van der Waals surface area contributed by atoms with Gasteiger partial charge in [0.25, 0.3) is 0 Å². The molecule has 0 amide bonds. The fraction of sp³-hybridized carbons (Fsp3) is 0.208. The lowest BCUT2D eigenvalue weighted by Crippen LogP contribution is -2.43. The molecule has 4 aromatic rings. The van der Waals surface area contributed by atoms with Crippen molar-refractivity contribution in [3.05, 3.63) is 72.6 Å². The summed E-state index contributed by atoms with van der Waals surface area (Å²) >= 11 is 0. The monoisotopic (exact) mass is 445 g/mol. The van der Waals surface area contributed by atoms with Crippen LogP contribution in [0.15, 0.2) is 66.9 Å². The smallest absolute Gasteiger partial charge is 0.320 e. The van der Waals surface area contributed by atoms with Crippen LogP contribution in [0.3, 0.4) is 0 Å². The third kappa shape index (κ3) is 4.09. The molecule has 8 heteroatoms. The standard InChI is InChI=1S/C24H24N5O2P/c25-22-12-21(16-8-11-20(24(30)31)26-13-16)28-23-19(14-27-29(22)23)15-6-9-18(10-7-15)32-17-4-2-1-3-5-17/h1-7,9-10,12,14,16,20,26,32H,8,11,13,25H2,(H,30,31). The molecule has 1 aliphatic heterocycles. The van der Waals surface area contributed by atoms with Gasteiger partial charge in [-0.25, -0.2) is 4.98 Å². The van der Waals surface area contributed by atoms with E-state index >= 15 is 0 Å². The zero-order chi connectivity index (χ0) is 22.1. The van der Waals surface area contributed by atoms with Crippen LogP contribution < -0.4 is 21.7 Å². The van der Waals surface area contributed by atoms with E-state index in [0.29, 0.717) is 27.4 Å². The van der Waals surface area contributed by atoms with Crippen LogP contribution in [0.2, 0.25) is 0 Å². The van der Waals surface area contributed by atoms with Crippen molar-refractivity contribution in [1.82, 2.24) is 19.9 Å². The Bertz CT molecular complexity index is 1250. The molecule has 32 heavy (non-hydrogen) atoms. The summed E-state index contributed by atoms with van der Waals surface area (Å²) in [6, 6.07) is 20.3. The highest BCUT2D eigenvalue weighted by molar-refractivity contribution is 7.55. The van der Waals surface area contributed by atoms with Gasteiger partial charge in [-0.15, -0.1) is 0 Å². The minimum Gasteiger partial charge on any atom is -0.480 e. The molecule has 3 heterocycles. The Morgan fingerprint density at radius 2 is 1.84 bits per heavy atom. The molecule has 3 atom stereocenters. The van der Waals surface area contributed by atoms with Crippen LogP contribution in [0, 0.1) is 0 Å². The summed E-state index contributed by atoms with van der Waals surface area (Å²) in [6.07, 6.45) is 3.13. The molecular weight excluding hydrogens is 421 g/mol. The number of hydrogen-bond acceptors (Lipinski definition) is 5. The third-order valence-electron chi connectivity index (χ3n) is 5.91. The number of nitrogens with zero attached hydrogens (tertiary/aromatic N) is 3. The van der Waals surface area contributed by atoms with E-state index in [9.17, 15) is 9.90 Å². The van der Waals surface area contributed by atoms with Crippen molar-refractivity contribution < 1.29 is 9.90 Å². The summed E-state index contributed by atoms with van der Waals surface area (Å²) in [6.45, 7) is 0.568. The molecular formula is C24H24N5O2P. The Morgan fingerprint density at radius 1 is 1.09 bits per heavy atom. The number of fused-ring (bicyclic) bond motifs is 1. The fourth-order valence-electron chi connectivity index (χ4n) is 4.16. The van der Waals surface area contributed by atoms with Gasteiger partial charge in [0.15, 0.2) is 5.65 Å². The van der Waals surface area contributed by atoms with Crippen LogP contribution in [-0.2, 0) is 4.79 Å². The lowest BCUT2D eigenvalue weighted by atomic mass is 9.92. The van der Waals surface area contributed by atoms with E-state index in [0.717, 1.165) is 28.9 Å². The molecule has 5 rings (SSSR count). The van der Waals surface area contributed by atoms with Gasteiger partial charge < -0.3 is 16.2 Å². The first-order valence-electron chi connectivity index (χ1n) is 10.6. The summed E-state index contributed by atoms with van der Waals surface area (Å²) in [4.78, 5) is 16.1. The van der Waals surface area contributed by atoms with E-state index < -0.39 is 12.0 Å². The van der Waals surface area contributed by atoms with Gasteiger partial charge in [-0.3, -0.25) is 4.79 Å². The maximum Gasteiger partial charge on any atom is 0.320 e. The second kappa shape index (κ2) is 8.69. The molecule has 0 aliphatic carbocycles. The van der Waals surface area contributed by atoms with Gasteiger partial charge in [-0.05, 0) is 29.0 Å². The quantitative estimate of drug-likeness (QED) is 0.408. The Balaban J connectivity index is 1.42. The van der Waals surface area contributed by atoms with E-state index in [2.05, 4.69) is 58.9 Å². The number of nitrogens with one attached hydrogen (secondary N) is 1. The van der Waals surface area contributed by atoms with Gasteiger partial charge in [0.05, 0.1) is 11.9 Å². The maximum atomic E-state index is 11.2. The number of carboxylic acid groups (broad SMARTS) is 1. The van der Waals surface area contributed by atoms with Crippen LogP contribution in [0.4, 0.5) is 5.82 Å². The zero-order valence-corrected chi connectivity index (χ0v) is 18.4. The van der Waals surface area contributed by atoms with Gasteiger partial charge >= 0.3 is 5.97 Å². The number of nitrogen functional groups attached to an aromatic ring is 1. The highest BCUT2D eigenvalue weighted by Gasteiger charge is 2.27. The van der Waals surface area contributed by atoms with Crippen LogP contribution in [-0.4, -0.2) is 38.3 Å². The van der Waals surface area contributed by atoms with Gasteiger partial charge in [-0.2, -0.15) is 9.61 Å². The summed E-state index contributed by atoms with van der Waals surface area (Å²) in [5, 5.41) is 19.3. The molecule has 0 bridgehead atoms. The molecule has 1 aliphatic rings. The van der Waals surface area contributed by atoms with E-state index in [-0.39, 0.29) is 5.92 Å². The topological polar surface area (TPSA) is 106 Å². The van der Waals surface area contributed by atoms with E-state index in [4.69, 9.17) is 10.7 Å². The third-order valence-corrected chi connectivity index (χ3v) is 7.15. The zero-order valence-electron chi connectivity index (χ0n) is 17.4. The lowest BCUT2D eigenvalue weighted by molar-refractivity contribution is -0.140. The first-order chi connectivity index (χ1) is 15.6. The molecule has 0 radical (unpaired) electrons. The first-order valence-corrected chi connectivity index (χ1v) is 11.6. The molecule has 2 aromatic carbocycles. The Labute approximate surface area is 187 Å². The minimum atomic E-state index is -0.805. The molecule has 3 unspecified atom stereocenters. The fourth-order valence-corrected chi connectivity index (χ4v) is 5.19. The summed E-state index contributed by atoms with van der Waals surface area (Å²) in [5.41, 5.74) is 9.85. The van der Waals surface area contributed by atoms with Crippen molar-refractivity contribution in [2.75, 3.05) is 12.3 Å². The number of piperidine rings is 1. The largest absolute Gasteiger partial charge is 0.480 e. The van der Waals surface area contributed by atoms with Gasteiger partial charge in [0, 0.05) is 24.1 Å². The van der Waals surface area contributed by atoms with Crippen LogP contribution in [0.5, 0.6) is 0 Å². The number of aliphatic carboxylic acids is 1. The Morgan fingerprint density at radius 3 is 2.53 bits per heavy atom. The normalized spacial score (nSPS) is 19.0. The van der Waals surface area contributed by atoms with Crippen molar-refractivity contribution in [2.24, 2.45) is 0 Å². The molecule has 162 valence electrons. The van der Waals surface area contributed by atoms with Crippen molar-refractivity contribution in [3.8, 4) is 11.1 Å². The molecule has 0 saturated carbocycles. The van der Waals surface area contributed by atoms with Gasteiger partial charge in [0.2, 0.25) is 0 Å². The van der Waals surface area contributed by atoms with Crippen molar-refractivity contribution in [1.29, 1.82) is 0 Å². The summed E-state index contributed by atoms with van der Waals surface area (Å²) < 4.78 is 1.66. The summed E-state index contributed by atoms with van der Waals surface area (Å²) in [5.74, 6) is -0.158. The molecule has 7 nitrogen and oxygen atoms in total. The second-order valence-electron chi connectivity index (χ2n) is 8.04. The van der Waals surface area contributed by atoms with Gasteiger partial charge in [-0.1, -0.05) is 63.2 Å². The average molecular weight is 445 g/mol. The lowest BCUT2D eigenvalue weighted by Gasteiger charge is -2.27. The van der Waals surface area contributed by atoms with Crippen molar-refractivity contribution >= 4 is 36.6 Å². The number of carbonyl (C=O) groups is 1. The van der Waals surface area contributed by atoms with Crippen molar-refractivity contribution in [3.63, 3.8) is 0 Å². The molecule has 1 saturated heterocycles. The first kappa shape index (κ1) is 20.6. The molecule has 4 N–H and O–H groups in total. The van der Waals surface area contributed by atoms with Crippen molar-refractivity contribution in [2.45, 2.75) is 24.8 Å². The van der Waals surface area contributed by atoms with Crippen LogP contribution in [0.25, 0.3) is 16.8 Å². The number of benzene rings is 2. The SMILES string of the molecule is Nc1cc(C2CCC(C(=O)O)NC2)nc2c(-c3ccc(Pc4ccccc4)cc3)cnn12. The van der Waals surface area contributed by atoms with Crippen LogP contribution in [0.1, 0.15) is 24.5 Å². The predicted molar refractivity (Wildman–Crippen MR) is 128 cm³/mol. The second-order valence-corrected chi connectivity index (χ2v) is 9.45. The average Bonchev–Trinajstić information content (AvgIpc) is 3.25. The number of rotatable bonds is 5. The highest BCUT2D eigenvalue weighted by atomic mass is 31.1. The van der Waals surface area contributed by atoms with Gasteiger partial charge in [0.1, 0.15) is 11.9 Å². The highest BCUT2D eigenvalue weighted by Crippen LogP contribution is 2.30. The minimum absolute atomic E-state index is 0.120. The Hall–Kier alpha value is -3.28. The Kier molecular flexibility index (Phi) is 5.60. The van der Waals surface area contributed by atoms with E-state index in [1.54, 1.807) is 10.7 Å². The number of nitrogens with two attached hydrogens (primary N) is 1. The molecule has 0 spiro atoms. The number of aromatic nitrogens is 3. The molecule has 1 fully saturated rings. The number of hydrogen-bond donors (Lipinski definition) is 3. The predicted octanol–water partition coefficient (Wildman–Crippen LogP) is 2.53. The maximum absolute atomic E-state index is 11.2. The van der Waals surface area contributed by atoms with Crippen LogP contribution >= 0.6 is 8.58 Å². The van der Waals surface area contributed by atoms with E-state index in [1.165, 1.54) is 10.6 Å². The summed E-state index contributed by atoms with van der Waals surface area (Å²) in [7, 11) is 0.609. The molecule has 2 aromatic heterocycles. The van der Waals surface area contributed by atoms with E-state index in [1.807, 2.05) is 12.1 Å². The number of anilines is 1.